The first kappa shape index (κ1) is 23.6. The van der Waals surface area contributed by atoms with Crippen molar-refractivity contribution in [2.75, 3.05) is 14.2 Å². The first-order valence-corrected chi connectivity index (χ1v) is 10.0. The summed E-state index contributed by atoms with van der Waals surface area (Å²) in [5.41, 5.74) is 8.60. The minimum absolute atomic E-state index is 0.0659. The average molecular weight is 412 g/mol. The van der Waals surface area contributed by atoms with Gasteiger partial charge in [-0.25, -0.2) is 0 Å². The summed E-state index contributed by atoms with van der Waals surface area (Å²) in [6.45, 7) is 10.7. The van der Waals surface area contributed by atoms with Crippen LogP contribution >= 0.6 is 0 Å². The molecule has 1 unspecified atom stereocenters. The minimum Gasteiger partial charge on any atom is -0.391 e. The van der Waals surface area contributed by atoms with Crippen molar-refractivity contribution in [1.29, 1.82) is 0 Å². The number of nitrogens with one attached hydrogen (secondary N) is 2. The lowest BCUT2D eigenvalue weighted by Crippen LogP contribution is -2.36. The molecule has 0 bridgehead atoms. The van der Waals surface area contributed by atoms with E-state index in [0.29, 0.717) is 0 Å². The molecule has 0 saturated heterocycles. The third-order valence-corrected chi connectivity index (χ3v) is 5.06. The number of amides is 1. The summed E-state index contributed by atoms with van der Waals surface area (Å²) in [5, 5.41) is 6.99. The SMILES string of the molecule is CNC(=O)C(NOC)c1cccc(C)c1CO/N=C(\C)c1cccc(C(C)(C)C)c1. The van der Waals surface area contributed by atoms with Gasteiger partial charge in [-0.2, -0.15) is 5.48 Å². The van der Waals surface area contributed by atoms with Crippen molar-refractivity contribution in [3.63, 3.8) is 0 Å². The Hall–Kier alpha value is -2.70. The number of oxime groups is 1. The van der Waals surface area contributed by atoms with Crippen molar-refractivity contribution in [2.24, 2.45) is 5.16 Å². The molecule has 0 spiro atoms. The number of carbonyl (C=O) groups excluding carboxylic acids is 1. The van der Waals surface area contributed by atoms with Crippen LogP contribution in [0.25, 0.3) is 0 Å². The molecule has 0 saturated carbocycles. The fourth-order valence-corrected chi connectivity index (χ4v) is 3.17. The summed E-state index contributed by atoms with van der Waals surface area (Å²) in [4.78, 5) is 23.1. The highest BCUT2D eigenvalue weighted by molar-refractivity contribution is 5.98. The third kappa shape index (κ3) is 5.90. The Morgan fingerprint density at radius 1 is 1.17 bits per heavy atom. The number of aryl methyl sites for hydroxylation is 1. The molecule has 30 heavy (non-hydrogen) atoms. The molecule has 6 heteroatoms. The van der Waals surface area contributed by atoms with Crippen molar-refractivity contribution < 1.29 is 14.5 Å². The van der Waals surface area contributed by atoms with Gasteiger partial charge < -0.3 is 15.0 Å². The molecule has 0 fully saturated rings. The molecule has 2 rings (SSSR count). The Morgan fingerprint density at radius 3 is 2.50 bits per heavy atom. The number of nitrogens with zero attached hydrogens (tertiary/aromatic N) is 1. The van der Waals surface area contributed by atoms with Crippen molar-refractivity contribution in [3.05, 3.63) is 70.3 Å². The van der Waals surface area contributed by atoms with Crippen LogP contribution in [0, 0.1) is 6.92 Å². The standard InChI is InChI=1S/C24H33N3O3/c1-16-10-8-13-20(22(27-29-7)23(28)25-6)21(16)15-30-26-17(2)18-11-9-12-19(14-18)24(3,4)5/h8-14,22,27H,15H2,1-7H3,(H,25,28)/b26-17+. The second-order valence-electron chi connectivity index (χ2n) is 8.29. The molecule has 0 heterocycles. The summed E-state index contributed by atoms with van der Waals surface area (Å²) in [7, 11) is 3.08. The maximum atomic E-state index is 12.3. The summed E-state index contributed by atoms with van der Waals surface area (Å²) in [6.07, 6.45) is 0. The van der Waals surface area contributed by atoms with Gasteiger partial charge in [-0.3, -0.25) is 4.79 Å². The Labute approximate surface area is 179 Å². The summed E-state index contributed by atoms with van der Waals surface area (Å²) >= 11 is 0. The van der Waals surface area contributed by atoms with E-state index in [1.807, 2.05) is 44.2 Å². The average Bonchev–Trinajstić information content (AvgIpc) is 2.72. The van der Waals surface area contributed by atoms with Gasteiger partial charge in [-0.05, 0) is 47.6 Å². The number of hydroxylamine groups is 1. The zero-order chi connectivity index (χ0) is 22.3. The van der Waals surface area contributed by atoms with Crippen molar-refractivity contribution in [2.45, 2.75) is 52.7 Å². The van der Waals surface area contributed by atoms with Gasteiger partial charge >= 0.3 is 0 Å². The molecular formula is C24H33N3O3. The Morgan fingerprint density at radius 2 is 1.87 bits per heavy atom. The highest BCUT2D eigenvalue weighted by Gasteiger charge is 2.23. The molecule has 0 aromatic heterocycles. The molecule has 2 aromatic rings. The van der Waals surface area contributed by atoms with Crippen LogP contribution in [0.1, 0.15) is 61.6 Å². The van der Waals surface area contributed by atoms with Crippen molar-refractivity contribution >= 4 is 11.6 Å². The van der Waals surface area contributed by atoms with Crippen LogP contribution in [0.5, 0.6) is 0 Å². The van der Waals surface area contributed by atoms with Crippen LogP contribution in [0.15, 0.2) is 47.6 Å². The number of rotatable bonds is 8. The van der Waals surface area contributed by atoms with Gasteiger partial charge in [0.25, 0.3) is 0 Å². The topological polar surface area (TPSA) is 72.0 Å². The number of carbonyl (C=O) groups is 1. The van der Waals surface area contributed by atoms with Gasteiger partial charge in [-0.15, -0.1) is 0 Å². The third-order valence-electron chi connectivity index (χ3n) is 5.06. The molecular weight excluding hydrogens is 378 g/mol. The number of hydrogen-bond acceptors (Lipinski definition) is 5. The lowest BCUT2D eigenvalue weighted by atomic mass is 9.86. The first-order chi connectivity index (χ1) is 14.2. The molecule has 1 atom stereocenters. The monoisotopic (exact) mass is 411 g/mol. The van der Waals surface area contributed by atoms with Crippen LogP contribution in [0.4, 0.5) is 0 Å². The predicted octanol–water partition coefficient (Wildman–Crippen LogP) is 4.17. The molecule has 0 aliphatic heterocycles. The van der Waals surface area contributed by atoms with Crippen molar-refractivity contribution in [3.8, 4) is 0 Å². The van der Waals surface area contributed by atoms with E-state index in [0.717, 1.165) is 28.0 Å². The molecule has 162 valence electrons. The van der Waals surface area contributed by atoms with E-state index in [1.54, 1.807) is 7.05 Å². The van der Waals surface area contributed by atoms with E-state index in [4.69, 9.17) is 9.68 Å². The fourth-order valence-electron chi connectivity index (χ4n) is 3.17. The van der Waals surface area contributed by atoms with E-state index < -0.39 is 6.04 Å². The fraction of sp³-hybridized carbons (Fsp3) is 0.417. The normalized spacial score (nSPS) is 13.1. The Bertz CT molecular complexity index is 901. The van der Waals surface area contributed by atoms with E-state index in [2.05, 4.69) is 48.9 Å². The lowest BCUT2D eigenvalue weighted by molar-refractivity contribution is -0.126. The molecule has 0 radical (unpaired) electrons. The second kappa shape index (κ2) is 10.4. The minimum atomic E-state index is -0.646. The number of likely N-dealkylation sites (N-methyl/N-ethyl adjacent to an activating group) is 1. The molecule has 6 nitrogen and oxygen atoms in total. The van der Waals surface area contributed by atoms with Gasteiger partial charge in [0, 0.05) is 12.6 Å². The highest BCUT2D eigenvalue weighted by atomic mass is 16.6. The van der Waals surface area contributed by atoms with Gasteiger partial charge in [-0.1, -0.05) is 62.3 Å². The summed E-state index contributed by atoms with van der Waals surface area (Å²) in [5.74, 6) is -0.192. The van der Waals surface area contributed by atoms with E-state index in [1.165, 1.54) is 12.7 Å². The van der Waals surface area contributed by atoms with Gasteiger partial charge in [0.05, 0.1) is 12.8 Å². The van der Waals surface area contributed by atoms with Crippen LogP contribution in [-0.4, -0.2) is 25.8 Å². The first-order valence-electron chi connectivity index (χ1n) is 10.0. The summed E-state index contributed by atoms with van der Waals surface area (Å²) < 4.78 is 0. The van der Waals surface area contributed by atoms with E-state index in [-0.39, 0.29) is 17.9 Å². The smallest absolute Gasteiger partial charge is 0.243 e. The molecule has 2 N–H and O–H groups in total. The van der Waals surface area contributed by atoms with Crippen LogP contribution in [0.2, 0.25) is 0 Å². The maximum Gasteiger partial charge on any atom is 0.243 e. The van der Waals surface area contributed by atoms with Crippen molar-refractivity contribution in [1.82, 2.24) is 10.8 Å². The molecule has 1 amide bonds. The number of benzene rings is 2. The molecule has 0 aliphatic rings. The molecule has 0 aliphatic carbocycles. The van der Waals surface area contributed by atoms with E-state index >= 15 is 0 Å². The lowest BCUT2D eigenvalue weighted by Gasteiger charge is -2.20. The van der Waals surface area contributed by atoms with Crippen LogP contribution in [-0.2, 0) is 26.5 Å². The predicted molar refractivity (Wildman–Crippen MR) is 120 cm³/mol. The largest absolute Gasteiger partial charge is 0.391 e. The van der Waals surface area contributed by atoms with E-state index in [9.17, 15) is 4.79 Å². The van der Waals surface area contributed by atoms with Gasteiger partial charge in [0.2, 0.25) is 5.91 Å². The highest BCUT2D eigenvalue weighted by Crippen LogP contribution is 2.24. The maximum absolute atomic E-state index is 12.3. The quantitative estimate of drug-likeness (QED) is 0.505. The van der Waals surface area contributed by atoms with Gasteiger partial charge in [0.15, 0.2) is 0 Å². The Kier molecular flexibility index (Phi) is 8.15. The Balaban J connectivity index is 2.24. The zero-order valence-corrected chi connectivity index (χ0v) is 19.0. The zero-order valence-electron chi connectivity index (χ0n) is 19.0. The summed E-state index contributed by atoms with van der Waals surface area (Å²) in [6, 6.07) is 13.5. The van der Waals surface area contributed by atoms with Crippen LogP contribution in [0.3, 0.4) is 0 Å². The van der Waals surface area contributed by atoms with Crippen LogP contribution < -0.4 is 10.8 Å². The molecule has 2 aromatic carbocycles. The van der Waals surface area contributed by atoms with Gasteiger partial charge in [0.1, 0.15) is 12.6 Å². The second-order valence-corrected chi connectivity index (χ2v) is 8.29. The number of hydrogen-bond donors (Lipinski definition) is 2.